The van der Waals surface area contributed by atoms with Crippen molar-refractivity contribution >= 4 is 11.6 Å². The summed E-state index contributed by atoms with van der Waals surface area (Å²) in [5, 5.41) is 6.90. The van der Waals surface area contributed by atoms with E-state index in [1.54, 1.807) is 0 Å². The Balaban J connectivity index is 1.56. The second kappa shape index (κ2) is 10.1. The maximum absolute atomic E-state index is 6.48. The molecular formula is C24H36N4O. The van der Waals surface area contributed by atoms with Gasteiger partial charge in [0.25, 0.3) is 0 Å². The van der Waals surface area contributed by atoms with Gasteiger partial charge >= 0.3 is 0 Å². The van der Waals surface area contributed by atoms with E-state index in [1.165, 1.54) is 12.0 Å². The summed E-state index contributed by atoms with van der Waals surface area (Å²) in [4.78, 5) is 4.71. The van der Waals surface area contributed by atoms with Gasteiger partial charge in [-0.25, -0.2) is 4.98 Å². The minimum Gasteiger partial charge on any atom is -0.375 e. The number of ether oxygens (including phenoxy) is 1. The Bertz CT molecular complexity index is 763. The molecular weight excluding hydrogens is 360 g/mol. The molecule has 1 aliphatic rings. The van der Waals surface area contributed by atoms with Crippen molar-refractivity contribution in [2.24, 2.45) is 17.6 Å². The molecule has 158 valence electrons. The number of aromatic nitrogens is 1. The first-order valence-electron chi connectivity index (χ1n) is 10.8. The molecule has 29 heavy (non-hydrogen) atoms. The number of hydrogen-bond donors (Lipinski definition) is 3. The van der Waals surface area contributed by atoms with Crippen molar-refractivity contribution in [2.75, 3.05) is 30.3 Å². The zero-order valence-corrected chi connectivity index (χ0v) is 18.1. The highest BCUT2D eigenvalue weighted by atomic mass is 16.5. The molecule has 0 bridgehead atoms. The molecule has 1 aromatic heterocycles. The van der Waals surface area contributed by atoms with Crippen LogP contribution in [0.15, 0.2) is 42.5 Å². The van der Waals surface area contributed by atoms with Crippen LogP contribution in [-0.2, 0) is 17.8 Å². The average Bonchev–Trinajstić information content (AvgIpc) is 3.40. The summed E-state index contributed by atoms with van der Waals surface area (Å²) in [6.07, 6.45) is 3.17. The van der Waals surface area contributed by atoms with Crippen LogP contribution in [0.2, 0.25) is 0 Å². The first-order valence-corrected chi connectivity index (χ1v) is 10.8. The fourth-order valence-electron chi connectivity index (χ4n) is 3.54. The Labute approximate surface area is 175 Å². The zero-order valence-electron chi connectivity index (χ0n) is 18.1. The lowest BCUT2D eigenvalue weighted by Crippen LogP contribution is -2.43. The van der Waals surface area contributed by atoms with Gasteiger partial charge in [0.05, 0.1) is 13.2 Å². The standard InChI is InChI=1S/C24H36N4O/c1-4-10-26-22-12-20(13-23(28-22)27-15-21-11-18(21)2)16-29-17-24(3,25)14-19-8-6-5-7-9-19/h5-9,12-13,18,21H,4,10-11,14-17,25H2,1-3H3,(H2,26,27,28). The zero-order chi connectivity index (χ0) is 20.7. The molecule has 1 saturated carbocycles. The summed E-state index contributed by atoms with van der Waals surface area (Å²) in [5.41, 5.74) is 8.42. The molecule has 3 unspecified atom stereocenters. The van der Waals surface area contributed by atoms with Crippen LogP contribution in [0.1, 0.15) is 44.7 Å². The van der Waals surface area contributed by atoms with Gasteiger partial charge in [-0.1, -0.05) is 44.2 Å². The molecule has 5 nitrogen and oxygen atoms in total. The normalized spacial score (nSPS) is 20.1. The van der Waals surface area contributed by atoms with Crippen LogP contribution in [-0.4, -0.2) is 30.2 Å². The van der Waals surface area contributed by atoms with Crippen molar-refractivity contribution in [2.45, 2.75) is 52.2 Å². The highest BCUT2D eigenvalue weighted by molar-refractivity contribution is 5.49. The quantitative estimate of drug-likeness (QED) is 0.494. The van der Waals surface area contributed by atoms with Gasteiger partial charge in [0.1, 0.15) is 11.6 Å². The molecule has 1 aromatic carbocycles. The van der Waals surface area contributed by atoms with Gasteiger partial charge < -0.3 is 21.1 Å². The van der Waals surface area contributed by atoms with Gasteiger partial charge in [-0.3, -0.25) is 0 Å². The summed E-state index contributed by atoms with van der Waals surface area (Å²) in [7, 11) is 0. The lowest BCUT2D eigenvalue weighted by molar-refractivity contribution is 0.0791. The SMILES string of the molecule is CCCNc1cc(COCC(C)(N)Cc2ccccc2)cc(NCC2CC2C)n1. The summed E-state index contributed by atoms with van der Waals surface area (Å²) >= 11 is 0. The molecule has 2 aromatic rings. The number of nitrogens with zero attached hydrogens (tertiary/aromatic N) is 1. The molecule has 4 N–H and O–H groups in total. The Kier molecular flexibility index (Phi) is 7.51. The second-order valence-corrected chi connectivity index (χ2v) is 8.84. The van der Waals surface area contributed by atoms with Crippen LogP contribution in [0.3, 0.4) is 0 Å². The van der Waals surface area contributed by atoms with E-state index in [0.717, 1.165) is 55.0 Å². The predicted octanol–water partition coefficient (Wildman–Crippen LogP) is 4.45. The number of nitrogens with one attached hydrogen (secondary N) is 2. The number of benzene rings is 1. The maximum atomic E-state index is 6.48. The highest BCUT2D eigenvalue weighted by Gasteiger charge is 2.32. The van der Waals surface area contributed by atoms with Gasteiger partial charge in [-0.2, -0.15) is 0 Å². The van der Waals surface area contributed by atoms with E-state index in [0.29, 0.717) is 13.2 Å². The molecule has 5 heteroatoms. The topological polar surface area (TPSA) is 72.2 Å². The molecule has 0 radical (unpaired) electrons. The fraction of sp³-hybridized carbons (Fsp3) is 0.542. The lowest BCUT2D eigenvalue weighted by atomic mass is 9.95. The largest absolute Gasteiger partial charge is 0.375 e. The van der Waals surface area contributed by atoms with Crippen molar-refractivity contribution in [1.82, 2.24) is 4.98 Å². The third-order valence-corrected chi connectivity index (χ3v) is 5.41. The van der Waals surface area contributed by atoms with Gasteiger partial charge in [0.15, 0.2) is 0 Å². The van der Waals surface area contributed by atoms with E-state index in [2.05, 4.69) is 48.7 Å². The summed E-state index contributed by atoms with van der Waals surface area (Å²) in [6, 6.07) is 14.5. The molecule has 1 heterocycles. The molecule has 0 saturated heterocycles. The van der Waals surface area contributed by atoms with Crippen molar-refractivity contribution in [3.05, 3.63) is 53.6 Å². The Morgan fingerprint density at radius 2 is 1.83 bits per heavy atom. The maximum Gasteiger partial charge on any atom is 0.128 e. The minimum atomic E-state index is -0.402. The molecule has 0 amide bonds. The number of pyridine rings is 1. The van der Waals surface area contributed by atoms with E-state index in [-0.39, 0.29) is 0 Å². The predicted molar refractivity (Wildman–Crippen MR) is 121 cm³/mol. The van der Waals surface area contributed by atoms with E-state index < -0.39 is 5.54 Å². The number of anilines is 2. The van der Waals surface area contributed by atoms with E-state index in [4.69, 9.17) is 15.5 Å². The van der Waals surface area contributed by atoms with Gasteiger partial charge in [-0.05, 0) is 61.3 Å². The Hall–Kier alpha value is -2.11. The summed E-state index contributed by atoms with van der Waals surface area (Å²) < 4.78 is 6.02. The van der Waals surface area contributed by atoms with Crippen molar-refractivity contribution in [3.8, 4) is 0 Å². The van der Waals surface area contributed by atoms with Crippen LogP contribution in [0.5, 0.6) is 0 Å². The Morgan fingerprint density at radius 3 is 2.48 bits per heavy atom. The third-order valence-electron chi connectivity index (χ3n) is 5.41. The van der Waals surface area contributed by atoms with Crippen molar-refractivity contribution in [3.63, 3.8) is 0 Å². The summed E-state index contributed by atoms with van der Waals surface area (Å²) in [5.74, 6) is 3.43. The fourth-order valence-corrected chi connectivity index (χ4v) is 3.54. The Morgan fingerprint density at radius 1 is 1.14 bits per heavy atom. The molecule has 1 fully saturated rings. The van der Waals surface area contributed by atoms with E-state index >= 15 is 0 Å². The number of hydrogen-bond acceptors (Lipinski definition) is 5. The van der Waals surface area contributed by atoms with E-state index in [1.807, 2.05) is 25.1 Å². The first kappa shape index (κ1) is 21.6. The van der Waals surface area contributed by atoms with Crippen LogP contribution in [0.4, 0.5) is 11.6 Å². The monoisotopic (exact) mass is 396 g/mol. The first-order chi connectivity index (χ1) is 13.9. The van der Waals surface area contributed by atoms with E-state index in [9.17, 15) is 0 Å². The lowest BCUT2D eigenvalue weighted by Gasteiger charge is -2.24. The third kappa shape index (κ3) is 7.33. The second-order valence-electron chi connectivity index (χ2n) is 8.84. The van der Waals surface area contributed by atoms with Gasteiger partial charge in [-0.15, -0.1) is 0 Å². The molecule has 0 spiro atoms. The van der Waals surface area contributed by atoms with Gasteiger partial charge in [0, 0.05) is 18.6 Å². The van der Waals surface area contributed by atoms with Crippen LogP contribution >= 0.6 is 0 Å². The molecule has 3 rings (SSSR count). The highest BCUT2D eigenvalue weighted by Crippen LogP contribution is 2.37. The smallest absolute Gasteiger partial charge is 0.128 e. The van der Waals surface area contributed by atoms with Crippen LogP contribution < -0.4 is 16.4 Å². The van der Waals surface area contributed by atoms with Crippen molar-refractivity contribution < 1.29 is 4.74 Å². The molecule has 0 aliphatic heterocycles. The molecule has 1 aliphatic carbocycles. The number of nitrogens with two attached hydrogens (primary N) is 1. The number of rotatable bonds is 12. The molecule has 3 atom stereocenters. The van der Waals surface area contributed by atoms with Gasteiger partial charge in [0.2, 0.25) is 0 Å². The average molecular weight is 397 g/mol. The van der Waals surface area contributed by atoms with Crippen LogP contribution in [0, 0.1) is 11.8 Å². The minimum absolute atomic E-state index is 0.402. The van der Waals surface area contributed by atoms with Crippen LogP contribution in [0.25, 0.3) is 0 Å². The van der Waals surface area contributed by atoms with Crippen molar-refractivity contribution in [1.29, 1.82) is 0 Å². The summed E-state index contributed by atoms with van der Waals surface area (Å²) in [6.45, 7) is 9.44.